The minimum atomic E-state index is -3.33. The van der Waals surface area contributed by atoms with Crippen LogP contribution < -0.4 is 5.32 Å². The standard InChI is InChI=1S/C10H19N5O2S/c1-14-9-12-10(13-14)18(16,17)8-2-5-15-6-3-11-4-7-15/h9,11H,2-8H2,1H3. The van der Waals surface area contributed by atoms with Crippen molar-refractivity contribution in [3.63, 3.8) is 0 Å². The lowest BCUT2D eigenvalue weighted by atomic mass is 10.3. The molecule has 2 rings (SSSR count). The number of hydrogen-bond acceptors (Lipinski definition) is 6. The largest absolute Gasteiger partial charge is 0.314 e. The summed E-state index contributed by atoms with van der Waals surface area (Å²) >= 11 is 0. The van der Waals surface area contributed by atoms with Gasteiger partial charge in [-0.3, -0.25) is 4.68 Å². The van der Waals surface area contributed by atoms with Gasteiger partial charge in [-0.2, -0.15) is 0 Å². The van der Waals surface area contributed by atoms with E-state index in [1.807, 2.05) is 0 Å². The highest BCUT2D eigenvalue weighted by Gasteiger charge is 2.19. The Kier molecular flexibility index (Phi) is 4.31. The molecule has 0 spiro atoms. The predicted octanol–water partition coefficient (Wildman–Crippen LogP) is -1.12. The van der Waals surface area contributed by atoms with Crippen LogP contribution in [0, 0.1) is 0 Å². The summed E-state index contributed by atoms with van der Waals surface area (Å²) in [5.74, 6) is 0.112. The second-order valence-electron chi connectivity index (χ2n) is 4.46. The maximum Gasteiger partial charge on any atom is 0.266 e. The first-order valence-electron chi connectivity index (χ1n) is 6.09. The molecular weight excluding hydrogens is 254 g/mol. The van der Waals surface area contributed by atoms with Crippen molar-refractivity contribution >= 4 is 9.84 Å². The highest BCUT2D eigenvalue weighted by atomic mass is 32.2. The lowest BCUT2D eigenvalue weighted by Gasteiger charge is -2.26. The molecule has 0 radical (unpaired) electrons. The van der Waals surface area contributed by atoms with Gasteiger partial charge >= 0.3 is 0 Å². The topological polar surface area (TPSA) is 80.1 Å². The van der Waals surface area contributed by atoms with Crippen LogP contribution in [0.4, 0.5) is 0 Å². The molecule has 102 valence electrons. The molecule has 1 aromatic rings. The van der Waals surface area contributed by atoms with Crippen molar-refractivity contribution in [3.05, 3.63) is 6.33 Å². The zero-order chi connectivity index (χ0) is 13.0. The molecule has 8 heteroatoms. The second-order valence-corrected chi connectivity index (χ2v) is 6.47. The lowest BCUT2D eigenvalue weighted by Crippen LogP contribution is -2.44. The van der Waals surface area contributed by atoms with E-state index >= 15 is 0 Å². The molecule has 1 N–H and O–H groups in total. The summed E-state index contributed by atoms with van der Waals surface area (Å²) in [6.07, 6.45) is 2.03. The van der Waals surface area contributed by atoms with Crippen LogP contribution in [0.15, 0.2) is 11.5 Å². The molecule has 1 aliphatic heterocycles. The highest BCUT2D eigenvalue weighted by Crippen LogP contribution is 2.06. The van der Waals surface area contributed by atoms with Crippen LogP contribution in [0.25, 0.3) is 0 Å². The van der Waals surface area contributed by atoms with Gasteiger partial charge < -0.3 is 10.2 Å². The fourth-order valence-corrected chi connectivity index (χ4v) is 3.12. The van der Waals surface area contributed by atoms with Gasteiger partial charge in [0.05, 0.1) is 5.75 Å². The molecule has 1 aliphatic rings. The summed E-state index contributed by atoms with van der Waals surface area (Å²) in [6, 6.07) is 0. The Bertz CT molecular complexity index is 478. The van der Waals surface area contributed by atoms with E-state index in [2.05, 4.69) is 20.3 Å². The minimum Gasteiger partial charge on any atom is -0.314 e. The zero-order valence-electron chi connectivity index (χ0n) is 10.5. The van der Waals surface area contributed by atoms with Gasteiger partial charge in [0.15, 0.2) is 0 Å². The first kappa shape index (κ1) is 13.4. The fraction of sp³-hybridized carbons (Fsp3) is 0.800. The summed E-state index contributed by atoms with van der Waals surface area (Å²) < 4.78 is 25.2. The number of piperazine rings is 1. The van der Waals surface area contributed by atoms with Crippen molar-refractivity contribution in [2.45, 2.75) is 11.6 Å². The molecule has 1 fully saturated rings. The second kappa shape index (κ2) is 5.77. The summed E-state index contributed by atoms with van der Waals surface area (Å²) in [6.45, 7) is 4.75. The SMILES string of the molecule is Cn1cnc(S(=O)(=O)CCCN2CCNCC2)n1. The van der Waals surface area contributed by atoms with Gasteiger partial charge in [-0.15, -0.1) is 5.10 Å². The monoisotopic (exact) mass is 273 g/mol. The number of rotatable bonds is 5. The third-order valence-corrected chi connectivity index (χ3v) is 4.52. The van der Waals surface area contributed by atoms with Crippen molar-refractivity contribution in [2.24, 2.45) is 7.05 Å². The Morgan fingerprint density at radius 1 is 1.39 bits per heavy atom. The third-order valence-electron chi connectivity index (χ3n) is 2.95. The summed E-state index contributed by atoms with van der Waals surface area (Å²) in [4.78, 5) is 6.07. The normalized spacial score (nSPS) is 18.1. The van der Waals surface area contributed by atoms with E-state index in [0.29, 0.717) is 6.42 Å². The first-order valence-corrected chi connectivity index (χ1v) is 7.75. The van der Waals surface area contributed by atoms with Gasteiger partial charge in [-0.05, 0) is 13.0 Å². The number of aromatic nitrogens is 3. The maximum atomic E-state index is 11.9. The van der Waals surface area contributed by atoms with Crippen molar-refractivity contribution in [1.82, 2.24) is 25.0 Å². The smallest absolute Gasteiger partial charge is 0.266 e. The average molecular weight is 273 g/mol. The molecule has 18 heavy (non-hydrogen) atoms. The highest BCUT2D eigenvalue weighted by molar-refractivity contribution is 7.91. The molecule has 0 unspecified atom stereocenters. The Labute approximate surface area is 107 Å². The van der Waals surface area contributed by atoms with Gasteiger partial charge in [0.1, 0.15) is 6.33 Å². The number of nitrogens with zero attached hydrogens (tertiary/aromatic N) is 4. The van der Waals surface area contributed by atoms with E-state index in [-0.39, 0.29) is 10.9 Å². The van der Waals surface area contributed by atoms with Crippen LogP contribution in [0.3, 0.4) is 0 Å². The number of hydrogen-bond donors (Lipinski definition) is 1. The van der Waals surface area contributed by atoms with Gasteiger partial charge in [0.2, 0.25) is 9.84 Å². The van der Waals surface area contributed by atoms with Gasteiger partial charge in [0, 0.05) is 33.2 Å². The van der Waals surface area contributed by atoms with Gasteiger partial charge in [0.25, 0.3) is 5.16 Å². The first-order chi connectivity index (χ1) is 8.58. The Morgan fingerprint density at radius 3 is 2.72 bits per heavy atom. The van der Waals surface area contributed by atoms with E-state index in [9.17, 15) is 8.42 Å². The van der Waals surface area contributed by atoms with Crippen molar-refractivity contribution < 1.29 is 8.42 Å². The van der Waals surface area contributed by atoms with Crippen molar-refractivity contribution in [3.8, 4) is 0 Å². The zero-order valence-corrected chi connectivity index (χ0v) is 11.4. The lowest BCUT2D eigenvalue weighted by molar-refractivity contribution is 0.242. The average Bonchev–Trinajstić information content (AvgIpc) is 2.78. The van der Waals surface area contributed by atoms with Crippen LogP contribution >= 0.6 is 0 Å². The Balaban J connectivity index is 1.82. The van der Waals surface area contributed by atoms with E-state index in [4.69, 9.17) is 0 Å². The molecular formula is C10H19N5O2S. The maximum absolute atomic E-state index is 11.9. The van der Waals surface area contributed by atoms with E-state index < -0.39 is 9.84 Å². The molecule has 0 saturated carbocycles. The third kappa shape index (κ3) is 3.50. The van der Waals surface area contributed by atoms with Crippen LogP contribution in [0.5, 0.6) is 0 Å². The summed E-state index contributed by atoms with van der Waals surface area (Å²) in [7, 11) is -1.67. The molecule has 0 atom stereocenters. The molecule has 1 saturated heterocycles. The van der Waals surface area contributed by atoms with E-state index in [0.717, 1.165) is 32.7 Å². The Morgan fingerprint density at radius 2 is 2.11 bits per heavy atom. The number of sulfone groups is 1. The number of aryl methyl sites for hydroxylation is 1. The van der Waals surface area contributed by atoms with E-state index in [1.165, 1.54) is 11.0 Å². The summed E-state index contributed by atoms with van der Waals surface area (Å²) in [5, 5.41) is 7.04. The van der Waals surface area contributed by atoms with Crippen LogP contribution in [-0.2, 0) is 16.9 Å². The minimum absolute atomic E-state index is 0.0645. The predicted molar refractivity (Wildman–Crippen MR) is 67.0 cm³/mol. The van der Waals surface area contributed by atoms with Crippen LogP contribution in [-0.4, -0.2) is 66.6 Å². The molecule has 0 aromatic carbocycles. The number of nitrogens with one attached hydrogen (secondary N) is 1. The van der Waals surface area contributed by atoms with Gasteiger partial charge in [-0.25, -0.2) is 13.4 Å². The van der Waals surface area contributed by atoms with Gasteiger partial charge in [-0.1, -0.05) is 0 Å². The molecule has 0 bridgehead atoms. The van der Waals surface area contributed by atoms with Crippen LogP contribution in [0.1, 0.15) is 6.42 Å². The molecule has 1 aromatic heterocycles. The van der Waals surface area contributed by atoms with Crippen molar-refractivity contribution in [1.29, 1.82) is 0 Å². The quantitative estimate of drug-likeness (QED) is 0.732. The van der Waals surface area contributed by atoms with Crippen molar-refractivity contribution in [2.75, 3.05) is 38.5 Å². The Hall–Kier alpha value is -0.990. The fourth-order valence-electron chi connectivity index (χ4n) is 1.97. The molecule has 2 heterocycles. The molecule has 0 aliphatic carbocycles. The summed E-state index contributed by atoms with van der Waals surface area (Å²) in [5.41, 5.74) is 0. The van der Waals surface area contributed by atoms with Crippen LogP contribution in [0.2, 0.25) is 0 Å². The molecule has 0 amide bonds. The van der Waals surface area contributed by atoms with E-state index in [1.54, 1.807) is 7.05 Å². The molecule has 7 nitrogen and oxygen atoms in total.